The van der Waals surface area contributed by atoms with Crippen molar-refractivity contribution in [2.45, 2.75) is 32.1 Å². The predicted molar refractivity (Wildman–Crippen MR) is 53.3 cm³/mol. The maximum Gasteiger partial charge on any atom is 0.138 e. The van der Waals surface area contributed by atoms with Crippen molar-refractivity contribution in [1.29, 1.82) is 5.26 Å². The average molecular weight is 189 g/mol. The molecule has 0 aromatic heterocycles. The minimum atomic E-state index is -0.0586. The van der Waals surface area contributed by atoms with Crippen molar-refractivity contribution in [2.24, 2.45) is 17.3 Å². The standard InChI is InChI=1S/C12H15NO/c1-2-12-6-3-4-9(8-13)11(12)10(14)5-7-12/h2,9,11H,1,3-7H2. The SMILES string of the molecule is C=CC12CCCC(C#N)C1C(=O)CC2. The van der Waals surface area contributed by atoms with Gasteiger partial charge in [-0.1, -0.05) is 12.5 Å². The lowest BCUT2D eigenvalue weighted by Crippen LogP contribution is -2.36. The van der Waals surface area contributed by atoms with Crippen molar-refractivity contribution >= 4 is 5.78 Å². The first-order valence-electron chi connectivity index (χ1n) is 5.29. The summed E-state index contributed by atoms with van der Waals surface area (Å²) in [6.45, 7) is 3.86. The number of nitrogens with zero attached hydrogens (tertiary/aromatic N) is 1. The number of carbonyl (C=O) groups excluding carboxylic acids is 1. The van der Waals surface area contributed by atoms with Crippen LogP contribution < -0.4 is 0 Å². The second kappa shape index (κ2) is 3.24. The lowest BCUT2D eigenvalue weighted by atomic mass is 9.63. The molecule has 74 valence electrons. The van der Waals surface area contributed by atoms with Gasteiger partial charge in [-0.15, -0.1) is 6.58 Å². The van der Waals surface area contributed by atoms with E-state index in [0.29, 0.717) is 6.42 Å². The molecule has 0 aromatic carbocycles. The number of nitriles is 1. The van der Waals surface area contributed by atoms with Crippen molar-refractivity contribution in [3.05, 3.63) is 12.7 Å². The number of allylic oxidation sites excluding steroid dienone is 1. The Labute approximate surface area is 84.6 Å². The van der Waals surface area contributed by atoms with Crippen LogP contribution in [0, 0.1) is 28.6 Å². The molecule has 0 spiro atoms. The highest BCUT2D eigenvalue weighted by molar-refractivity contribution is 5.85. The first kappa shape index (κ1) is 9.45. The molecule has 2 nitrogen and oxygen atoms in total. The van der Waals surface area contributed by atoms with Gasteiger partial charge in [0, 0.05) is 12.3 Å². The second-order valence-corrected chi connectivity index (χ2v) is 4.51. The van der Waals surface area contributed by atoms with E-state index in [1.807, 2.05) is 6.08 Å². The Hall–Kier alpha value is -1.10. The van der Waals surface area contributed by atoms with Gasteiger partial charge in [-0.3, -0.25) is 4.79 Å². The van der Waals surface area contributed by atoms with E-state index in [9.17, 15) is 4.79 Å². The zero-order valence-electron chi connectivity index (χ0n) is 8.33. The fourth-order valence-electron chi connectivity index (χ4n) is 3.18. The van der Waals surface area contributed by atoms with Crippen LogP contribution in [0.4, 0.5) is 0 Å². The van der Waals surface area contributed by atoms with Gasteiger partial charge in [0.05, 0.1) is 12.0 Å². The molecule has 14 heavy (non-hydrogen) atoms. The third-order valence-electron chi connectivity index (χ3n) is 3.94. The zero-order chi connectivity index (χ0) is 10.2. The Bertz CT molecular complexity index is 315. The third kappa shape index (κ3) is 1.12. The molecule has 2 aliphatic carbocycles. The quantitative estimate of drug-likeness (QED) is 0.594. The van der Waals surface area contributed by atoms with Gasteiger partial charge in [-0.2, -0.15) is 5.26 Å². The summed E-state index contributed by atoms with van der Waals surface area (Å²) in [5, 5.41) is 9.03. The van der Waals surface area contributed by atoms with Crippen molar-refractivity contribution < 1.29 is 4.79 Å². The molecule has 0 aromatic rings. The van der Waals surface area contributed by atoms with Gasteiger partial charge in [0.2, 0.25) is 0 Å². The molecule has 0 bridgehead atoms. The number of fused-ring (bicyclic) bond motifs is 1. The summed E-state index contributed by atoms with van der Waals surface area (Å²) >= 11 is 0. The highest BCUT2D eigenvalue weighted by atomic mass is 16.1. The van der Waals surface area contributed by atoms with E-state index in [0.717, 1.165) is 25.7 Å². The number of carbonyl (C=O) groups is 1. The summed E-state index contributed by atoms with van der Waals surface area (Å²) in [6, 6.07) is 2.30. The van der Waals surface area contributed by atoms with Gasteiger partial charge in [-0.25, -0.2) is 0 Å². The topological polar surface area (TPSA) is 40.9 Å². The first-order valence-corrected chi connectivity index (χ1v) is 5.29. The van der Waals surface area contributed by atoms with Crippen LogP contribution in [-0.4, -0.2) is 5.78 Å². The monoisotopic (exact) mass is 189 g/mol. The molecule has 2 saturated carbocycles. The number of Topliss-reactive ketones (excluding diaryl/α,β-unsaturated/α-hetero) is 1. The summed E-state index contributed by atoms with van der Waals surface area (Å²) in [6.07, 6.45) is 6.50. The largest absolute Gasteiger partial charge is 0.299 e. The zero-order valence-corrected chi connectivity index (χ0v) is 8.33. The molecule has 0 amide bonds. The smallest absolute Gasteiger partial charge is 0.138 e. The van der Waals surface area contributed by atoms with Gasteiger partial charge in [0.15, 0.2) is 0 Å². The normalized spacial score (nSPS) is 41.5. The van der Waals surface area contributed by atoms with E-state index in [4.69, 9.17) is 5.26 Å². The van der Waals surface area contributed by atoms with Gasteiger partial charge in [0.1, 0.15) is 5.78 Å². The maximum absolute atomic E-state index is 11.7. The molecule has 0 heterocycles. The van der Waals surface area contributed by atoms with Crippen LogP contribution in [0.2, 0.25) is 0 Å². The van der Waals surface area contributed by atoms with Gasteiger partial charge >= 0.3 is 0 Å². The molecule has 0 N–H and O–H groups in total. The highest BCUT2D eigenvalue weighted by Crippen LogP contribution is 2.53. The Morgan fingerprint density at radius 2 is 2.36 bits per heavy atom. The Balaban J connectivity index is 2.36. The van der Waals surface area contributed by atoms with E-state index in [2.05, 4.69) is 12.6 Å². The molecule has 2 rings (SSSR count). The van der Waals surface area contributed by atoms with E-state index in [1.165, 1.54) is 0 Å². The number of hydrogen-bond acceptors (Lipinski definition) is 2. The summed E-state index contributed by atoms with van der Waals surface area (Å²) < 4.78 is 0. The Kier molecular flexibility index (Phi) is 2.19. The van der Waals surface area contributed by atoms with Crippen molar-refractivity contribution in [3.8, 4) is 6.07 Å². The van der Waals surface area contributed by atoms with E-state index >= 15 is 0 Å². The highest BCUT2D eigenvalue weighted by Gasteiger charge is 2.51. The Morgan fingerprint density at radius 1 is 1.57 bits per heavy atom. The minimum absolute atomic E-state index is 0.0320. The fourth-order valence-corrected chi connectivity index (χ4v) is 3.18. The summed E-state index contributed by atoms with van der Waals surface area (Å²) in [4.78, 5) is 11.7. The minimum Gasteiger partial charge on any atom is -0.299 e. The Morgan fingerprint density at radius 3 is 3.00 bits per heavy atom. The van der Waals surface area contributed by atoms with Crippen LogP contribution in [0.15, 0.2) is 12.7 Å². The molecule has 0 radical (unpaired) electrons. The second-order valence-electron chi connectivity index (χ2n) is 4.51. The van der Waals surface area contributed by atoms with Crippen molar-refractivity contribution in [3.63, 3.8) is 0 Å². The number of rotatable bonds is 1. The van der Waals surface area contributed by atoms with Crippen LogP contribution in [0.1, 0.15) is 32.1 Å². The van der Waals surface area contributed by atoms with E-state index in [-0.39, 0.29) is 23.0 Å². The van der Waals surface area contributed by atoms with Crippen LogP contribution in [-0.2, 0) is 4.79 Å². The van der Waals surface area contributed by atoms with E-state index in [1.54, 1.807) is 0 Å². The van der Waals surface area contributed by atoms with Crippen molar-refractivity contribution in [1.82, 2.24) is 0 Å². The van der Waals surface area contributed by atoms with Crippen LogP contribution in [0.25, 0.3) is 0 Å². The van der Waals surface area contributed by atoms with Crippen LogP contribution in [0.5, 0.6) is 0 Å². The van der Waals surface area contributed by atoms with E-state index < -0.39 is 0 Å². The molecule has 0 saturated heterocycles. The van der Waals surface area contributed by atoms with Crippen molar-refractivity contribution in [2.75, 3.05) is 0 Å². The molecule has 3 unspecified atom stereocenters. The molecule has 2 heteroatoms. The fraction of sp³-hybridized carbons (Fsp3) is 0.667. The van der Waals surface area contributed by atoms with Crippen LogP contribution in [0.3, 0.4) is 0 Å². The summed E-state index contributed by atoms with van der Waals surface area (Å²) in [7, 11) is 0. The molecule has 2 aliphatic rings. The molecular weight excluding hydrogens is 174 g/mol. The molecule has 0 aliphatic heterocycles. The number of ketones is 1. The molecule has 3 atom stereocenters. The lowest BCUT2D eigenvalue weighted by molar-refractivity contribution is -0.123. The van der Waals surface area contributed by atoms with Gasteiger partial charge < -0.3 is 0 Å². The van der Waals surface area contributed by atoms with Gasteiger partial charge in [-0.05, 0) is 24.7 Å². The lowest BCUT2D eigenvalue weighted by Gasteiger charge is -2.38. The number of hydrogen-bond donors (Lipinski definition) is 0. The predicted octanol–water partition coefficient (Wildman–Crippen LogP) is 2.46. The third-order valence-corrected chi connectivity index (χ3v) is 3.94. The molecular formula is C12H15NO. The summed E-state index contributed by atoms with van der Waals surface area (Å²) in [5.41, 5.74) is -0.0320. The van der Waals surface area contributed by atoms with Crippen LogP contribution >= 0.6 is 0 Å². The first-order chi connectivity index (χ1) is 6.73. The maximum atomic E-state index is 11.7. The average Bonchev–Trinajstić information content (AvgIpc) is 2.57. The van der Waals surface area contributed by atoms with Gasteiger partial charge in [0.25, 0.3) is 0 Å². The molecule has 2 fully saturated rings. The summed E-state index contributed by atoms with van der Waals surface area (Å²) in [5.74, 6) is 0.187.